The SMILES string of the molecule is CCOC(=O)c1sc(N(C)C(=O)Oc2ccccc2)nc1C. The van der Waals surface area contributed by atoms with Crippen LogP contribution in [0, 0.1) is 6.92 Å². The summed E-state index contributed by atoms with van der Waals surface area (Å²) in [6, 6.07) is 8.74. The molecule has 1 aromatic carbocycles. The van der Waals surface area contributed by atoms with Crippen LogP contribution in [-0.2, 0) is 4.74 Å². The van der Waals surface area contributed by atoms with Crippen molar-refractivity contribution in [2.24, 2.45) is 0 Å². The number of hydrogen-bond acceptors (Lipinski definition) is 6. The van der Waals surface area contributed by atoms with E-state index in [1.165, 1.54) is 4.90 Å². The van der Waals surface area contributed by atoms with E-state index in [1.54, 1.807) is 45.2 Å². The van der Waals surface area contributed by atoms with E-state index in [-0.39, 0.29) is 6.61 Å². The standard InChI is InChI=1S/C15H16N2O4S/c1-4-20-13(18)12-10(2)16-14(22-12)17(3)15(19)21-11-8-6-5-7-9-11/h5-9H,4H2,1-3H3. The van der Waals surface area contributed by atoms with Gasteiger partial charge in [-0.1, -0.05) is 29.5 Å². The molecule has 6 nitrogen and oxygen atoms in total. The fourth-order valence-electron chi connectivity index (χ4n) is 1.65. The lowest BCUT2D eigenvalue weighted by atomic mass is 10.3. The summed E-state index contributed by atoms with van der Waals surface area (Å²) in [5.41, 5.74) is 0.526. The van der Waals surface area contributed by atoms with Crippen molar-refractivity contribution in [1.29, 1.82) is 0 Å². The zero-order valence-corrected chi connectivity index (χ0v) is 13.3. The molecule has 0 fully saturated rings. The van der Waals surface area contributed by atoms with Crippen molar-refractivity contribution in [3.05, 3.63) is 40.9 Å². The van der Waals surface area contributed by atoms with Gasteiger partial charge in [-0.05, 0) is 26.0 Å². The van der Waals surface area contributed by atoms with E-state index in [0.717, 1.165) is 11.3 Å². The zero-order chi connectivity index (χ0) is 16.1. The molecule has 0 aliphatic heterocycles. The number of amides is 1. The lowest BCUT2D eigenvalue weighted by Gasteiger charge is -2.13. The molecule has 0 bridgehead atoms. The minimum absolute atomic E-state index is 0.289. The van der Waals surface area contributed by atoms with Crippen LogP contribution in [-0.4, -0.2) is 30.7 Å². The number of thiazole rings is 1. The molecule has 0 atom stereocenters. The number of para-hydroxylation sites is 1. The maximum atomic E-state index is 12.1. The molecule has 0 saturated carbocycles. The molecule has 1 heterocycles. The number of carbonyl (C=O) groups is 2. The van der Waals surface area contributed by atoms with Gasteiger partial charge in [-0.3, -0.25) is 4.90 Å². The summed E-state index contributed by atoms with van der Waals surface area (Å²) in [6.45, 7) is 3.72. The highest BCUT2D eigenvalue weighted by Crippen LogP contribution is 2.26. The maximum Gasteiger partial charge on any atom is 0.421 e. The van der Waals surface area contributed by atoms with Gasteiger partial charge in [-0.2, -0.15) is 0 Å². The van der Waals surface area contributed by atoms with Crippen LogP contribution in [0.3, 0.4) is 0 Å². The van der Waals surface area contributed by atoms with Gasteiger partial charge in [-0.15, -0.1) is 0 Å². The van der Waals surface area contributed by atoms with E-state index in [4.69, 9.17) is 9.47 Å². The second kappa shape index (κ2) is 7.04. The summed E-state index contributed by atoms with van der Waals surface area (Å²) >= 11 is 1.09. The number of rotatable bonds is 4. The highest BCUT2D eigenvalue weighted by molar-refractivity contribution is 7.17. The van der Waals surface area contributed by atoms with E-state index < -0.39 is 12.1 Å². The van der Waals surface area contributed by atoms with Gasteiger partial charge in [0, 0.05) is 7.05 Å². The van der Waals surface area contributed by atoms with Crippen molar-refractivity contribution < 1.29 is 19.1 Å². The van der Waals surface area contributed by atoms with Crippen molar-refractivity contribution in [2.75, 3.05) is 18.6 Å². The quantitative estimate of drug-likeness (QED) is 0.809. The first-order valence-corrected chi connectivity index (χ1v) is 7.49. The molecule has 2 rings (SSSR count). The normalized spacial score (nSPS) is 10.1. The Bertz CT molecular complexity index is 669. The van der Waals surface area contributed by atoms with Gasteiger partial charge in [0.1, 0.15) is 10.6 Å². The Morgan fingerprint density at radius 1 is 1.27 bits per heavy atom. The largest absolute Gasteiger partial charge is 0.462 e. The monoisotopic (exact) mass is 320 g/mol. The van der Waals surface area contributed by atoms with E-state index in [9.17, 15) is 9.59 Å². The van der Waals surface area contributed by atoms with Crippen LogP contribution in [0.1, 0.15) is 22.3 Å². The summed E-state index contributed by atoms with van der Waals surface area (Å²) in [5, 5.41) is 0.376. The Morgan fingerprint density at radius 2 is 1.95 bits per heavy atom. The predicted molar refractivity (Wildman–Crippen MR) is 83.7 cm³/mol. The van der Waals surface area contributed by atoms with Crippen LogP contribution in [0.4, 0.5) is 9.93 Å². The predicted octanol–water partition coefficient (Wildman–Crippen LogP) is 3.26. The number of anilines is 1. The lowest BCUT2D eigenvalue weighted by Crippen LogP contribution is -2.29. The molecule has 0 N–H and O–H groups in total. The van der Waals surface area contributed by atoms with Crippen molar-refractivity contribution in [3.8, 4) is 5.75 Å². The third-order valence-corrected chi connectivity index (χ3v) is 3.97. The van der Waals surface area contributed by atoms with Crippen LogP contribution >= 0.6 is 11.3 Å². The molecule has 0 radical (unpaired) electrons. The van der Waals surface area contributed by atoms with E-state index in [1.807, 2.05) is 6.07 Å². The number of nitrogens with zero attached hydrogens (tertiary/aromatic N) is 2. The smallest absolute Gasteiger partial charge is 0.421 e. The molecule has 0 aliphatic rings. The molecule has 2 aromatic rings. The zero-order valence-electron chi connectivity index (χ0n) is 12.5. The molecule has 7 heteroatoms. The summed E-state index contributed by atoms with van der Waals surface area (Å²) in [6.07, 6.45) is -0.574. The van der Waals surface area contributed by atoms with E-state index in [2.05, 4.69) is 4.98 Å². The molecule has 22 heavy (non-hydrogen) atoms. The van der Waals surface area contributed by atoms with Gasteiger partial charge in [0.2, 0.25) is 0 Å². The fourth-order valence-corrected chi connectivity index (χ4v) is 2.56. The molecule has 0 saturated heterocycles. The maximum absolute atomic E-state index is 12.1. The first-order chi connectivity index (χ1) is 10.5. The van der Waals surface area contributed by atoms with Crippen LogP contribution in [0.5, 0.6) is 5.75 Å². The Hall–Kier alpha value is -2.41. The Labute approximate surface area is 132 Å². The van der Waals surface area contributed by atoms with Gasteiger partial charge >= 0.3 is 12.1 Å². The second-order valence-corrected chi connectivity index (χ2v) is 5.35. The average molecular weight is 320 g/mol. The first-order valence-electron chi connectivity index (χ1n) is 6.68. The highest BCUT2D eigenvalue weighted by atomic mass is 32.1. The van der Waals surface area contributed by atoms with E-state index >= 15 is 0 Å². The number of ether oxygens (including phenoxy) is 2. The Balaban J connectivity index is 2.12. The number of benzene rings is 1. The number of aryl methyl sites for hydroxylation is 1. The van der Waals surface area contributed by atoms with Gasteiger partial charge in [0.15, 0.2) is 5.13 Å². The van der Waals surface area contributed by atoms with Crippen molar-refractivity contribution in [2.45, 2.75) is 13.8 Å². The highest BCUT2D eigenvalue weighted by Gasteiger charge is 2.22. The van der Waals surface area contributed by atoms with Gasteiger partial charge in [0.05, 0.1) is 12.3 Å². The molecule has 0 aliphatic carbocycles. The summed E-state index contributed by atoms with van der Waals surface area (Å²) in [5.74, 6) is 0.00632. The number of carbonyl (C=O) groups excluding carboxylic acids is 2. The van der Waals surface area contributed by atoms with Gasteiger partial charge < -0.3 is 9.47 Å². The third kappa shape index (κ3) is 3.62. The molecule has 0 unspecified atom stereocenters. The van der Waals surface area contributed by atoms with Crippen LogP contribution in [0.2, 0.25) is 0 Å². The van der Waals surface area contributed by atoms with Crippen LogP contribution < -0.4 is 9.64 Å². The molecule has 1 aromatic heterocycles. The minimum atomic E-state index is -0.574. The average Bonchev–Trinajstić information content (AvgIpc) is 2.89. The third-order valence-electron chi connectivity index (χ3n) is 2.76. The van der Waals surface area contributed by atoms with E-state index in [0.29, 0.717) is 21.5 Å². The molecular weight excluding hydrogens is 304 g/mol. The summed E-state index contributed by atoms with van der Waals surface area (Å²) in [7, 11) is 1.54. The van der Waals surface area contributed by atoms with Crippen molar-refractivity contribution in [1.82, 2.24) is 4.98 Å². The lowest BCUT2D eigenvalue weighted by molar-refractivity contribution is 0.0531. The Kier molecular flexibility index (Phi) is 5.11. The number of hydrogen-bond donors (Lipinski definition) is 0. The fraction of sp³-hybridized carbons (Fsp3) is 0.267. The van der Waals surface area contributed by atoms with Gasteiger partial charge in [0.25, 0.3) is 0 Å². The number of aromatic nitrogens is 1. The van der Waals surface area contributed by atoms with Gasteiger partial charge in [-0.25, -0.2) is 14.6 Å². The van der Waals surface area contributed by atoms with Crippen LogP contribution in [0.25, 0.3) is 0 Å². The topological polar surface area (TPSA) is 68.7 Å². The molecule has 116 valence electrons. The molecule has 0 spiro atoms. The second-order valence-electron chi connectivity index (χ2n) is 4.37. The van der Waals surface area contributed by atoms with Crippen LogP contribution in [0.15, 0.2) is 30.3 Å². The van der Waals surface area contributed by atoms with Crippen molar-refractivity contribution >= 4 is 28.5 Å². The number of esters is 1. The Morgan fingerprint density at radius 3 is 2.59 bits per heavy atom. The summed E-state index contributed by atoms with van der Waals surface area (Å²) in [4.78, 5) is 29.7. The first kappa shape index (κ1) is 16.0. The minimum Gasteiger partial charge on any atom is -0.462 e. The molecule has 1 amide bonds. The van der Waals surface area contributed by atoms with Crippen molar-refractivity contribution in [3.63, 3.8) is 0 Å². The summed E-state index contributed by atoms with van der Waals surface area (Å²) < 4.78 is 10.2. The molecular formula is C15H16N2O4S.